The highest BCUT2D eigenvalue weighted by Gasteiger charge is 2.33. The number of allylic oxidation sites excluding steroid dienone is 5. The number of hydrazone groups is 1. The number of nitrogens with two attached hydrogens (primary N) is 1. The molecule has 0 fully saturated rings. The van der Waals surface area contributed by atoms with Crippen LogP contribution in [0.15, 0.2) is 53.2 Å². The third kappa shape index (κ3) is 4.01. The Kier molecular flexibility index (Phi) is 5.19. The van der Waals surface area contributed by atoms with Crippen LogP contribution in [0.1, 0.15) is 5.56 Å². The van der Waals surface area contributed by atoms with Crippen LogP contribution in [-0.4, -0.2) is 29.2 Å². The van der Waals surface area contributed by atoms with Gasteiger partial charge in [-0.25, -0.2) is 5.84 Å². The number of rotatable bonds is 4. The lowest BCUT2D eigenvalue weighted by Crippen LogP contribution is -2.27. The molecular weight excluding hydrogens is 339 g/mol. The molecule has 0 aliphatic heterocycles. The molecule has 0 atom stereocenters. The SMILES string of the molecule is C=C1C=C(C(F)(F)F)C=C/C1=N/N(N)c1cc(OC)cc(CO)c1O. The Labute approximate surface area is 141 Å². The molecule has 0 radical (unpaired) electrons. The van der Waals surface area contributed by atoms with Crippen LogP contribution in [0.3, 0.4) is 0 Å². The molecule has 0 saturated heterocycles. The van der Waals surface area contributed by atoms with E-state index in [1.54, 1.807) is 0 Å². The molecule has 6 nitrogen and oxygen atoms in total. The molecule has 1 aliphatic rings. The molecule has 0 spiro atoms. The fourth-order valence-corrected chi connectivity index (χ4v) is 2.09. The van der Waals surface area contributed by atoms with Crippen molar-refractivity contribution in [3.05, 3.63) is 53.6 Å². The molecule has 0 heterocycles. The number of aromatic hydroxyl groups is 1. The van der Waals surface area contributed by atoms with Crippen molar-refractivity contribution < 1.29 is 28.1 Å². The van der Waals surface area contributed by atoms with E-state index < -0.39 is 18.4 Å². The van der Waals surface area contributed by atoms with Gasteiger partial charge in [-0.15, -0.1) is 0 Å². The topological polar surface area (TPSA) is 91.3 Å². The maximum atomic E-state index is 12.7. The van der Waals surface area contributed by atoms with Crippen LogP contribution in [0.4, 0.5) is 18.9 Å². The van der Waals surface area contributed by atoms with E-state index in [0.29, 0.717) is 5.75 Å². The van der Waals surface area contributed by atoms with Gasteiger partial charge in [-0.2, -0.15) is 23.4 Å². The van der Waals surface area contributed by atoms with E-state index in [1.807, 2.05) is 0 Å². The van der Waals surface area contributed by atoms with E-state index in [9.17, 15) is 23.4 Å². The van der Waals surface area contributed by atoms with Gasteiger partial charge >= 0.3 is 6.18 Å². The molecule has 1 aromatic carbocycles. The largest absolute Gasteiger partial charge is 0.505 e. The molecule has 0 aromatic heterocycles. The van der Waals surface area contributed by atoms with Crippen LogP contribution in [0, 0.1) is 0 Å². The predicted octanol–water partition coefficient (Wildman–Crippen LogP) is 2.54. The van der Waals surface area contributed by atoms with Crippen molar-refractivity contribution in [2.24, 2.45) is 10.9 Å². The monoisotopic (exact) mass is 355 g/mol. The number of aliphatic hydroxyl groups excluding tert-OH is 1. The molecule has 2 rings (SSSR count). The van der Waals surface area contributed by atoms with E-state index in [2.05, 4.69) is 11.7 Å². The molecule has 0 saturated carbocycles. The number of hydrazine groups is 1. The molecule has 0 amide bonds. The first kappa shape index (κ1) is 18.6. The summed E-state index contributed by atoms with van der Waals surface area (Å²) >= 11 is 0. The number of hydrogen-bond donors (Lipinski definition) is 3. The number of hydrogen-bond acceptors (Lipinski definition) is 6. The lowest BCUT2D eigenvalue weighted by atomic mass is 10.0. The lowest BCUT2D eigenvalue weighted by molar-refractivity contribution is -0.0882. The molecule has 1 aromatic rings. The average molecular weight is 355 g/mol. The summed E-state index contributed by atoms with van der Waals surface area (Å²) in [5.74, 6) is 5.77. The first-order chi connectivity index (χ1) is 11.7. The summed E-state index contributed by atoms with van der Waals surface area (Å²) in [6.45, 7) is 3.06. The normalized spacial score (nSPS) is 16.2. The number of anilines is 1. The van der Waals surface area contributed by atoms with Crippen LogP contribution >= 0.6 is 0 Å². The summed E-state index contributed by atoms with van der Waals surface area (Å²) < 4.78 is 43.1. The summed E-state index contributed by atoms with van der Waals surface area (Å²) in [6.07, 6.45) is -1.67. The number of aliphatic hydroxyl groups is 1. The second-order valence-electron chi connectivity index (χ2n) is 5.10. The number of benzene rings is 1. The molecule has 0 bridgehead atoms. The fourth-order valence-electron chi connectivity index (χ4n) is 2.09. The third-order valence-electron chi connectivity index (χ3n) is 3.42. The van der Waals surface area contributed by atoms with Crippen molar-refractivity contribution in [2.75, 3.05) is 12.2 Å². The highest BCUT2D eigenvalue weighted by Crippen LogP contribution is 2.35. The number of nitrogens with zero attached hydrogens (tertiary/aromatic N) is 2. The van der Waals surface area contributed by atoms with Crippen LogP contribution in [0.25, 0.3) is 0 Å². The minimum absolute atomic E-state index is 0.00250. The van der Waals surface area contributed by atoms with E-state index in [-0.39, 0.29) is 28.3 Å². The summed E-state index contributed by atoms with van der Waals surface area (Å²) in [6, 6.07) is 2.78. The standard InChI is InChI=1S/C16H16F3N3O3/c1-9-5-11(16(17,18)19)3-4-13(9)21-22(20)14-7-12(25-2)6-10(8-23)15(14)24/h3-7,23-24H,1,8,20H2,2H3/b21-13-. The molecule has 0 unspecified atom stereocenters. The zero-order valence-electron chi connectivity index (χ0n) is 13.2. The molecule has 1 aliphatic carbocycles. The van der Waals surface area contributed by atoms with Gasteiger partial charge < -0.3 is 14.9 Å². The quantitative estimate of drug-likeness (QED) is 0.570. The predicted molar refractivity (Wildman–Crippen MR) is 87.1 cm³/mol. The van der Waals surface area contributed by atoms with Gasteiger partial charge in [0.05, 0.1) is 25.0 Å². The Morgan fingerprint density at radius 3 is 2.52 bits per heavy atom. The van der Waals surface area contributed by atoms with E-state index >= 15 is 0 Å². The van der Waals surface area contributed by atoms with Crippen molar-refractivity contribution in [1.82, 2.24) is 0 Å². The number of phenols is 1. The minimum Gasteiger partial charge on any atom is -0.505 e. The highest BCUT2D eigenvalue weighted by atomic mass is 19.4. The summed E-state index contributed by atoms with van der Waals surface area (Å²) in [4.78, 5) is 0. The van der Waals surface area contributed by atoms with Gasteiger partial charge in [0.2, 0.25) is 0 Å². The fraction of sp³-hybridized carbons (Fsp3) is 0.188. The second-order valence-corrected chi connectivity index (χ2v) is 5.10. The number of methoxy groups -OCH3 is 1. The van der Waals surface area contributed by atoms with Gasteiger partial charge in [0.15, 0.2) is 0 Å². The van der Waals surface area contributed by atoms with Crippen LogP contribution in [-0.2, 0) is 6.61 Å². The molecular formula is C16H16F3N3O3. The molecule has 25 heavy (non-hydrogen) atoms. The van der Waals surface area contributed by atoms with Gasteiger partial charge in [0, 0.05) is 11.6 Å². The summed E-state index contributed by atoms with van der Waals surface area (Å²) in [7, 11) is 1.39. The maximum Gasteiger partial charge on any atom is 0.416 e. The molecule has 4 N–H and O–H groups in total. The summed E-state index contributed by atoms with van der Waals surface area (Å²) in [5, 5.41) is 24.1. The van der Waals surface area contributed by atoms with Crippen LogP contribution in [0.5, 0.6) is 11.5 Å². The van der Waals surface area contributed by atoms with Gasteiger partial charge in [0.25, 0.3) is 0 Å². The maximum absolute atomic E-state index is 12.7. The number of halogens is 3. The molecule has 9 heteroatoms. The molecule has 134 valence electrons. The van der Waals surface area contributed by atoms with Gasteiger partial charge in [-0.1, -0.05) is 6.58 Å². The van der Waals surface area contributed by atoms with Gasteiger partial charge in [0.1, 0.15) is 17.2 Å². The van der Waals surface area contributed by atoms with Crippen molar-refractivity contribution in [3.8, 4) is 11.5 Å². The van der Waals surface area contributed by atoms with Crippen molar-refractivity contribution in [2.45, 2.75) is 12.8 Å². The smallest absolute Gasteiger partial charge is 0.416 e. The Bertz CT molecular complexity index is 783. The van der Waals surface area contributed by atoms with Gasteiger partial charge in [-0.05, 0) is 29.9 Å². The van der Waals surface area contributed by atoms with Crippen molar-refractivity contribution in [3.63, 3.8) is 0 Å². The Morgan fingerprint density at radius 1 is 1.32 bits per heavy atom. The van der Waals surface area contributed by atoms with Crippen LogP contribution < -0.4 is 15.7 Å². The highest BCUT2D eigenvalue weighted by molar-refractivity contribution is 6.11. The zero-order chi connectivity index (χ0) is 18.8. The van der Waals surface area contributed by atoms with E-state index in [1.165, 1.54) is 19.2 Å². The number of ether oxygens (including phenoxy) is 1. The Hall–Kier alpha value is -2.78. The second kappa shape index (κ2) is 6.99. The Morgan fingerprint density at radius 2 is 2.00 bits per heavy atom. The average Bonchev–Trinajstić information content (AvgIpc) is 2.55. The minimum atomic E-state index is -4.49. The lowest BCUT2D eigenvalue weighted by Gasteiger charge is -2.19. The van der Waals surface area contributed by atoms with E-state index in [0.717, 1.165) is 23.3 Å². The van der Waals surface area contributed by atoms with E-state index in [4.69, 9.17) is 10.6 Å². The summed E-state index contributed by atoms with van der Waals surface area (Å²) in [5.41, 5.74) is -0.602. The van der Waals surface area contributed by atoms with Crippen molar-refractivity contribution in [1.29, 1.82) is 0 Å². The third-order valence-corrected chi connectivity index (χ3v) is 3.42. The zero-order valence-corrected chi connectivity index (χ0v) is 13.2. The first-order valence-corrected chi connectivity index (χ1v) is 6.97. The number of alkyl halides is 3. The van der Waals surface area contributed by atoms with Gasteiger partial charge in [-0.3, -0.25) is 0 Å². The Balaban J connectivity index is 2.36. The first-order valence-electron chi connectivity index (χ1n) is 6.97. The van der Waals surface area contributed by atoms with Crippen molar-refractivity contribution >= 4 is 11.4 Å². The van der Waals surface area contributed by atoms with Crippen LogP contribution in [0.2, 0.25) is 0 Å².